The van der Waals surface area contributed by atoms with Crippen LogP contribution in [-0.4, -0.2) is 36.2 Å². The summed E-state index contributed by atoms with van der Waals surface area (Å²) in [4.78, 5) is 6.47. The van der Waals surface area contributed by atoms with Gasteiger partial charge in [0.15, 0.2) is 0 Å². The van der Waals surface area contributed by atoms with Crippen LogP contribution in [-0.2, 0) is 4.74 Å². The van der Waals surface area contributed by atoms with Gasteiger partial charge < -0.3 is 15.4 Å². The van der Waals surface area contributed by atoms with Crippen molar-refractivity contribution in [3.05, 3.63) is 24.5 Å². The van der Waals surface area contributed by atoms with Gasteiger partial charge in [0.25, 0.3) is 0 Å². The number of ether oxygens (including phenoxy) is 1. The molecule has 2 N–H and O–H groups in total. The Bertz CT molecular complexity index is 579. The van der Waals surface area contributed by atoms with Crippen LogP contribution in [0.1, 0.15) is 12.8 Å². The minimum atomic E-state index is 0.611. The number of nitrogens with two attached hydrogens (primary N) is 1. The molecule has 3 heterocycles. The van der Waals surface area contributed by atoms with Crippen molar-refractivity contribution in [2.24, 2.45) is 5.92 Å². The van der Waals surface area contributed by atoms with Crippen molar-refractivity contribution in [1.29, 1.82) is 0 Å². The molecule has 2 aromatic rings. The second-order valence-electron chi connectivity index (χ2n) is 5.37. The smallest absolute Gasteiger partial charge is 0.147 e. The Kier molecular flexibility index (Phi) is 4.36. The molecule has 0 amide bonds. The standard InChI is InChI=1S/C15H20N4OS/c1-20-10-11-4-8-19(9-5-11)15-13(14(16)18-21-15)12-2-6-17-7-3-12/h2-3,6-7,11H,4-5,8-10H2,1H3,(H2,16,18). The van der Waals surface area contributed by atoms with Crippen molar-refractivity contribution >= 4 is 22.4 Å². The van der Waals surface area contributed by atoms with E-state index in [4.69, 9.17) is 10.5 Å². The van der Waals surface area contributed by atoms with E-state index in [1.165, 1.54) is 16.5 Å². The van der Waals surface area contributed by atoms with Gasteiger partial charge in [-0.05, 0) is 48.0 Å². The predicted molar refractivity (Wildman–Crippen MR) is 86.6 cm³/mol. The van der Waals surface area contributed by atoms with Crippen LogP contribution < -0.4 is 10.6 Å². The number of nitrogen functional groups attached to an aromatic ring is 1. The van der Waals surface area contributed by atoms with E-state index in [9.17, 15) is 0 Å². The van der Waals surface area contributed by atoms with Gasteiger partial charge in [-0.15, -0.1) is 0 Å². The molecule has 1 aliphatic heterocycles. The van der Waals surface area contributed by atoms with E-state index < -0.39 is 0 Å². The molecular weight excluding hydrogens is 284 g/mol. The van der Waals surface area contributed by atoms with Gasteiger partial charge in [0.05, 0.1) is 5.56 Å². The third-order valence-corrected chi connectivity index (χ3v) is 4.90. The fourth-order valence-corrected chi connectivity index (χ4v) is 3.73. The number of methoxy groups -OCH3 is 1. The SMILES string of the molecule is COCC1CCN(c2snc(N)c2-c2ccncc2)CC1. The first kappa shape index (κ1) is 14.3. The van der Waals surface area contributed by atoms with Crippen LogP contribution in [0.15, 0.2) is 24.5 Å². The summed E-state index contributed by atoms with van der Waals surface area (Å²) in [5.74, 6) is 1.28. The van der Waals surface area contributed by atoms with Crippen LogP contribution in [0, 0.1) is 5.92 Å². The third-order valence-electron chi connectivity index (χ3n) is 3.97. The molecule has 5 nitrogen and oxygen atoms in total. The molecule has 3 rings (SSSR count). The summed E-state index contributed by atoms with van der Waals surface area (Å²) in [6, 6.07) is 3.97. The molecule has 0 aliphatic carbocycles. The summed E-state index contributed by atoms with van der Waals surface area (Å²) in [7, 11) is 1.78. The monoisotopic (exact) mass is 304 g/mol. The fraction of sp³-hybridized carbons (Fsp3) is 0.467. The van der Waals surface area contributed by atoms with Crippen molar-refractivity contribution in [3.63, 3.8) is 0 Å². The van der Waals surface area contributed by atoms with Gasteiger partial charge in [0.1, 0.15) is 10.8 Å². The molecule has 1 saturated heterocycles. The maximum Gasteiger partial charge on any atom is 0.147 e. The number of pyridine rings is 1. The van der Waals surface area contributed by atoms with Crippen molar-refractivity contribution < 1.29 is 4.74 Å². The van der Waals surface area contributed by atoms with Crippen LogP contribution in [0.5, 0.6) is 0 Å². The van der Waals surface area contributed by atoms with Gasteiger partial charge in [-0.25, -0.2) is 0 Å². The largest absolute Gasteiger partial charge is 0.384 e. The van der Waals surface area contributed by atoms with Crippen molar-refractivity contribution in [2.45, 2.75) is 12.8 Å². The van der Waals surface area contributed by atoms with Gasteiger partial charge in [0, 0.05) is 39.2 Å². The van der Waals surface area contributed by atoms with Crippen LogP contribution in [0.3, 0.4) is 0 Å². The number of nitrogens with zero attached hydrogens (tertiary/aromatic N) is 3. The summed E-state index contributed by atoms with van der Waals surface area (Å²) >= 11 is 1.49. The topological polar surface area (TPSA) is 64.3 Å². The normalized spacial score (nSPS) is 16.3. The summed E-state index contributed by atoms with van der Waals surface area (Å²) in [5, 5.41) is 1.18. The first-order valence-corrected chi connectivity index (χ1v) is 7.96. The number of hydrogen-bond acceptors (Lipinski definition) is 6. The molecule has 0 saturated carbocycles. The Morgan fingerprint density at radius 2 is 2.05 bits per heavy atom. The lowest BCUT2D eigenvalue weighted by atomic mass is 9.97. The number of rotatable bonds is 4. The van der Waals surface area contributed by atoms with Gasteiger partial charge in [-0.2, -0.15) is 4.37 Å². The first-order chi connectivity index (χ1) is 10.3. The fourth-order valence-electron chi connectivity index (χ4n) is 2.84. The Balaban J connectivity index is 1.81. The average molecular weight is 304 g/mol. The van der Waals surface area contributed by atoms with E-state index >= 15 is 0 Å². The molecular formula is C15H20N4OS. The number of anilines is 2. The zero-order valence-corrected chi connectivity index (χ0v) is 13.0. The van der Waals surface area contributed by atoms with E-state index in [1.54, 1.807) is 19.5 Å². The van der Waals surface area contributed by atoms with Crippen LogP contribution in [0.25, 0.3) is 11.1 Å². The lowest BCUT2D eigenvalue weighted by Gasteiger charge is -2.32. The number of aromatic nitrogens is 2. The predicted octanol–water partition coefficient (Wildman–Crippen LogP) is 2.65. The average Bonchev–Trinajstić information content (AvgIpc) is 2.91. The molecule has 6 heteroatoms. The molecule has 0 bridgehead atoms. The minimum absolute atomic E-state index is 0.611. The minimum Gasteiger partial charge on any atom is -0.384 e. The van der Waals surface area contributed by atoms with Gasteiger partial charge in [-0.3, -0.25) is 4.98 Å². The number of hydrogen-bond donors (Lipinski definition) is 1. The van der Waals surface area contributed by atoms with Crippen LogP contribution in [0.4, 0.5) is 10.8 Å². The molecule has 0 atom stereocenters. The lowest BCUT2D eigenvalue weighted by molar-refractivity contribution is 0.139. The van der Waals surface area contributed by atoms with Crippen LogP contribution in [0.2, 0.25) is 0 Å². The zero-order chi connectivity index (χ0) is 14.7. The maximum absolute atomic E-state index is 6.09. The molecule has 112 valence electrons. The molecule has 0 radical (unpaired) electrons. The van der Waals surface area contributed by atoms with Crippen molar-refractivity contribution in [2.75, 3.05) is 37.4 Å². The van der Waals surface area contributed by atoms with Gasteiger partial charge >= 0.3 is 0 Å². The summed E-state index contributed by atoms with van der Waals surface area (Å²) in [6.07, 6.45) is 5.89. The van der Waals surface area contributed by atoms with E-state index in [1.807, 2.05) is 12.1 Å². The molecule has 1 fully saturated rings. The first-order valence-electron chi connectivity index (χ1n) is 7.19. The summed E-state index contributed by atoms with van der Waals surface area (Å²) < 4.78 is 9.62. The Morgan fingerprint density at radius 3 is 2.71 bits per heavy atom. The summed E-state index contributed by atoms with van der Waals surface area (Å²) in [6.45, 7) is 2.93. The highest BCUT2D eigenvalue weighted by molar-refractivity contribution is 7.11. The van der Waals surface area contributed by atoms with E-state index in [0.29, 0.717) is 11.7 Å². The van der Waals surface area contributed by atoms with Crippen molar-refractivity contribution in [1.82, 2.24) is 9.36 Å². The highest BCUT2D eigenvalue weighted by Crippen LogP contribution is 2.40. The second kappa shape index (κ2) is 6.41. The third kappa shape index (κ3) is 3.01. The van der Waals surface area contributed by atoms with E-state index in [2.05, 4.69) is 14.3 Å². The van der Waals surface area contributed by atoms with Gasteiger partial charge in [0.2, 0.25) is 0 Å². The molecule has 21 heavy (non-hydrogen) atoms. The molecule has 1 aliphatic rings. The zero-order valence-electron chi connectivity index (χ0n) is 12.2. The molecule has 0 spiro atoms. The molecule has 0 unspecified atom stereocenters. The maximum atomic E-state index is 6.09. The second-order valence-corrected chi connectivity index (χ2v) is 6.12. The Hall–Kier alpha value is -1.66. The highest BCUT2D eigenvalue weighted by Gasteiger charge is 2.24. The molecule has 2 aromatic heterocycles. The molecule has 0 aromatic carbocycles. The highest BCUT2D eigenvalue weighted by atomic mass is 32.1. The van der Waals surface area contributed by atoms with Gasteiger partial charge in [-0.1, -0.05) is 0 Å². The summed E-state index contributed by atoms with van der Waals surface area (Å²) in [5.41, 5.74) is 8.22. The lowest BCUT2D eigenvalue weighted by Crippen LogP contribution is -2.34. The Morgan fingerprint density at radius 1 is 1.33 bits per heavy atom. The van der Waals surface area contributed by atoms with E-state index in [0.717, 1.165) is 43.7 Å². The van der Waals surface area contributed by atoms with Crippen LogP contribution >= 0.6 is 11.5 Å². The number of piperidine rings is 1. The van der Waals surface area contributed by atoms with E-state index in [-0.39, 0.29) is 0 Å². The van der Waals surface area contributed by atoms with Crippen molar-refractivity contribution in [3.8, 4) is 11.1 Å². The quantitative estimate of drug-likeness (QED) is 0.940. The Labute approximate surface area is 128 Å².